The van der Waals surface area contributed by atoms with Gasteiger partial charge in [-0.25, -0.2) is 0 Å². The summed E-state index contributed by atoms with van der Waals surface area (Å²) in [6.07, 6.45) is 53.7. The molecule has 10 heteroatoms. The van der Waals surface area contributed by atoms with Crippen molar-refractivity contribution in [1.82, 2.24) is 0 Å². The average molecular weight is 925 g/mol. The van der Waals surface area contributed by atoms with Gasteiger partial charge < -0.3 is 26.7 Å². The number of carbonyl (C=O) groups is 3. The Morgan fingerprint density at radius 3 is 0.484 bits per heavy atom. The first-order chi connectivity index (χ1) is 31.5. The summed E-state index contributed by atoms with van der Waals surface area (Å²) in [5, 5.41) is 26.6. The molecule has 0 amide bonds. The molecule has 0 aliphatic heterocycles. The summed E-state index contributed by atoms with van der Waals surface area (Å²) in [7, 11) is 0. The lowest BCUT2D eigenvalue weighted by atomic mass is 10.0. The third-order valence-corrected chi connectivity index (χ3v) is 14.2. The van der Waals surface area contributed by atoms with Gasteiger partial charge in [-0.05, 0) is 38.5 Å². The van der Waals surface area contributed by atoms with Crippen LogP contribution in [0.4, 0.5) is 0 Å². The number of aliphatic hydroxyl groups is 3. The van der Waals surface area contributed by atoms with E-state index < -0.39 is 33.1 Å². The summed E-state index contributed by atoms with van der Waals surface area (Å²) in [5.41, 5.74) is 0. The topological polar surface area (TPSA) is 140 Å². The van der Waals surface area contributed by atoms with Crippen molar-refractivity contribution in [3.63, 3.8) is 0 Å². The third kappa shape index (κ3) is 51.8. The summed E-state index contributed by atoms with van der Waals surface area (Å²) in [6, 6.07) is 0. The van der Waals surface area contributed by atoms with E-state index in [0.29, 0.717) is 19.8 Å². The number of aliphatic hydroxyl groups excluding tert-OH is 3. The van der Waals surface area contributed by atoms with Crippen molar-refractivity contribution in [1.29, 1.82) is 0 Å². The summed E-state index contributed by atoms with van der Waals surface area (Å²) in [4.78, 5) is 38.4. The van der Waals surface area contributed by atoms with Crippen LogP contribution in [0.1, 0.15) is 308 Å². The average Bonchev–Trinajstić information content (AvgIpc) is 3.28. The second kappa shape index (κ2) is 54.4. The van der Waals surface area contributed by atoms with E-state index in [-0.39, 0.29) is 19.3 Å². The maximum Gasteiger partial charge on any atom is 1.20 e. The molecular weight excluding hydrogens is 820 g/mol. The molecule has 378 valence electrons. The molecule has 0 aromatic rings. The van der Waals surface area contributed by atoms with E-state index in [4.69, 9.17) is 26.7 Å². The monoisotopic (exact) mass is 925 g/mol. The summed E-state index contributed by atoms with van der Waals surface area (Å²) in [6.45, 7) is 0.958. The number of rotatable bonds is 54. The predicted octanol–water partition coefficient (Wildman–Crippen LogP) is 15.3. The lowest BCUT2D eigenvalue weighted by Crippen LogP contribution is -2.34. The molecule has 0 heterocycles. The Kier molecular flexibility index (Phi) is 53.4. The number of carbonyl (C=O) groups excluding carboxylic acids is 3. The van der Waals surface area contributed by atoms with Crippen LogP contribution in [0.2, 0.25) is 0 Å². The molecule has 0 atom stereocenters. The fourth-order valence-corrected chi connectivity index (χ4v) is 9.75. The molecule has 0 aliphatic rings. The Hall–Kier alpha value is -1.18. The second-order valence-electron chi connectivity index (χ2n) is 19.1. The molecule has 0 saturated carbocycles. The van der Waals surface area contributed by atoms with Crippen LogP contribution in [-0.2, 0) is 25.7 Å². The van der Waals surface area contributed by atoms with E-state index in [0.717, 1.165) is 96.3 Å². The number of hydrogen-bond donors (Lipinski definition) is 3. The molecule has 0 aliphatic carbocycles. The van der Waals surface area contributed by atoms with Gasteiger partial charge in [0.15, 0.2) is 0 Å². The van der Waals surface area contributed by atoms with Crippen LogP contribution < -0.4 is 0 Å². The molecule has 0 aromatic heterocycles. The molecule has 0 unspecified atom stereocenters. The second-order valence-corrected chi connectivity index (χ2v) is 20.4. The Balaban J connectivity index is 4.31. The highest BCUT2D eigenvalue weighted by Gasteiger charge is 2.48. The van der Waals surface area contributed by atoms with Crippen molar-refractivity contribution in [3.05, 3.63) is 0 Å². The van der Waals surface area contributed by atoms with Crippen LogP contribution in [0.15, 0.2) is 0 Å². The molecule has 0 aromatic carbocycles. The predicted molar refractivity (Wildman–Crippen MR) is 267 cm³/mol. The van der Waals surface area contributed by atoms with Crippen molar-refractivity contribution in [2.24, 2.45) is 0 Å². The fraction of sp³-hybridized carbons (Fsp3) is 0.944. The summed E-state index contributed by atoms with van der Waals surface area (Å²) in [5.74, 6) is -1.31. The minimum absolute atomic E-state index is 0.247. The molecule has 0 radical (unpaired) electrons. The largest absolute Gasteiger partial charge is 1.20 e. The standard InChI is InChI=1S/3C18H36O3.Al/c3*19-17-15-13-11-9-7-5-3-1-2-4-6-8-10-12-14-16-18(20)21;/h3*19H,1-17H2,(H,20,21);/q;;;+3/p-3. The minimum atomic E-state index is -3.27. The smallest absolute Gasteiger partial charge is 0.551 e. The lowest BCUT2D eigenvalue weighted by molar-refractivity contribution is -0.148. The van der Waals surface area contributed by atoms with Gasteiger partial charge in [0.1, 0.15) is 0 Å². The van der Waals surface area contributed by atoms with Crippen molar-refractivity contribution >= 4 is 33.1 Å². The van der Waals surface area contributed by atoms with E-state index in [1.54, 1.807) is 0 Å². The van der Waals surface area contributed by atoms with Crippen molar-refractivity contribution in [2.45, 2.75) is 308 Å². The van der Waals surface area contributed by atoms with E-state index in [9.17, 15) is 14.4 Å². The fourth-order valence-electron chi connectivity index (χ4n) is 8.61. The van der Waals surface area contributed by atoms with Gasteiger partial charge in [-0.2, -0.15) is 0 Å². The first-order valence-electron chi connectivity index (χ1n) is 27.9. The van der Waals surface area contributed by atoms with Crippen LogP contribution in [-0.4, -0.2) is 68.2 Å². The highest BCUT2D eigenvalue weighted by molar-refractivity contribution is 6.44. The highest BCUT2D eigenvalue weighted by Crippen LogP contribution is 2.18. The highest BCUT2D eigenvalue weighted by atomic mass is 27.3. The zero-order valence-corrected chi connectivity index (χ0v) is 43.1. The van der Waals surface area contributed by atoms with Gasteiger partial charge in [0.05, 0.1) is 0 Å². The van der Waals surface area contributed by atoms with Crippen molar-refractivity contribution < 1.29 is 41.1 Å². The van der Waals surface area contributed by atoms with Crippen LogP contribution in [0.5, 0.6) is 0 Å². The molecule has 0 rings (SSSR count). The first-order valence-corrected chi connectivity index (χ1v) is 29.4. The molecule has 0 saturated heterocycles. The summed E-state index contributed by atoms with van der Waals surface area (Å²) < 4.78 is 16.7. The first kappa shape index (κ1) is 62.8. The molecular formula is C54H105AlO9. The maximum atomic E-state index is 12.8. The zero-order chi connectivity index (χ0) is 46.5. The van der Waals surface area contributed by atoms with Gasteiger partial charge in [0.25, 0.3) is 17.9 Å². The zero-order valence-electron chi connectivity index (χ0n) is 41.9. The van der Waals surface area contributed by atoms with Gasteiger partial charge in [-0.1, -0.05) is 250 Å². The Bertz CT molecular complexity index is 848. The molecule has 9 nitrogen and oxygen atoms in total. The Morgan fingerprint density at radius 2 is 0.344 bits per heavy atom. The molecule has 0 bridgehead atoms. The lowest BCUT2D eigenvalue weighted by Gasteiger charge is -2.14. The third-order valence-electron chi connectivity index (χ3n) is 12.8. The Morgan fingerprint density at radius 1 is 0.219 bits per heavy atom. The normalized spacial score (nSPS) is 11.3. The molecule has 0 spiro atoms. The van der Waals surface area contributed by atoms with E-state index in [1.807, 2.05) is 0 Å². The van der Waals surface area contributed by atoms with Gasteiger partial charge in [-0.15, -0.1) is 0 Å². The van der Waals surface area contributed by atoms with Gasteiger partial charge >= 0.3 is 15.1 Å². The van der Waals surface area contributed by atoms with Crippen LogP contribution in [0, 0.1) is 0 Å². The SMILES string of the molecule is O=C(CCCCCCCCCCCCCCCCCO)[O][Al]([O]C(=O)CCCCCCCCCCCCCCCCCO)[O]C(=O)CCCCCCCCCCCCCCCCCO. The maximum absolute atomic E-state index is 12.8. The number of hydrogen-bond acceptors (Lipinski definition) is 9. The number of unbranched alkanes of at least 4 members (excludes halogenated alkanes) is 42. The van der Waals surface area contributed by atoms with Crippen molar-refractivity contribution in [2.75, 3.05) is 19.8 Å². The molecule has 64 heavy (non-hydrogen) atoms. The van der Waals surface area contributed by atoms with E-state index in [2.05, 4.69) is 0 Å². The van der Waals surface area contributed by atoms with Gasteiger partial charge in [0, 0.05) is 39.1 Å². The van der Waals surface area contributed by atoms with Crippen LogP contribution in [0.25, 0.3) is 0 Å². The van der Waals surface area contributed by atoms with E-state index >= 15 is 0 Å². The summed E-state index contributed by atoms with van der Waals surface area (Å²) >= 11 is -3.27. The molecule has 3 N–H and O–H groups in total. The van der Waals surface area contributed by atoms with Gasteiger partial charge in [-0.3, -0.25) is 14.4 Å². The molecule has 0 fully saturated rings. The van der Waals surface area contributed by atoms with Gasteiger partial charge in [0.2, 0.25) is 0 Å². The van der Waals surface area contributed by atoms with Crippen LogP contribution >= 0.6 is 0 Å². The van der Waals surface area contributed by atoms with Crippen molar-refractivity contribution in [3.8, 4) is 0 Å². The Labute approximate surface area is 400 Å². The minimum Gasteiger partial charge on any atom is -0.551 e. The van der Waals surface area contributed by atoms with Crippen LogP contribution in [0.3, 0.4) is 0 Å². The quantitative estimate of drug-likeness (QED) is 0.0402. The van der Waals surface area contributed by atoms with E-state index in [1.165, 1.54) is 193 Å².